The lowest BCUT2D eigenvalue weighted by Gasteiger charge is -2.23. The van der Waals surface area contributed by atoms with Crippen LogP contribution in [0.5, 0.6) is 0 Å². The Balaban J connectivity index is 1.99. The summed E-state index contributed by atoms with van der Waals surface area (Å²) < 4.78 is 0. The molecule has 1 aliphatic rings. The molecule has 2 N–H and O–H groups in total. The molecule has 1 fully saturated rings. The second kappa shape index (κ2) is 4.86. The van der Waals surface area contributed by atoms with E-state index in [1.165, 1.54) is 12.8 Å². The molecule has 0 amide bonds. The average molecular weight is 243 g/mol. The van der Waals surface area contributed by atoms with Crippen molar-refractivity contribution in [2.75, 3.05) is 13.1 Å². The number of H-pyrrole nitrogens is 1. The quantitative estimate of drug-likeness (QED) is 0.841. The van der Waals surface area contributed by atoms with Gasteiger partial charge in [-0.15, -0.1) is 0 Å². The van der Waals surface area contributed by atoms with Gasteiger partial charge in [0, 0.05) is 30.6 Å². The van der Waals surface area contributed by atoms with E-state index in [0.717, 1.165) is 35.9 Å². The molecule has 0 radical (unpaired) electrons. The summed E-state index contributed by atoms with van der Waals surface area (Å²) in [6, 6.07) is 2.02. The first-order chi connectivity index (χ1) is 8.84. The van der Waals surface area contributed by atoms with Crippen LogP contribution in [0.1, 0.15) is 30.1 Å². The van der Waals surface area contributed by atoms with Gasteiger partial charge in [0.05, 0.1) is 5.69 Å². The molecule has 3 rings (SSSR count). The molecule has 1 aliphatic heterocycles. The number of hydrogen-bond acceptors (Lipinski definition) is 4. The van der Waals surface area contributed by atoms with Crippen LogP contribution in [-0.2, 0) is 0 Å². The van der Waals surface area contributed by atoms with Crippen molar-refractivity contribution >= 4 is 0 Å². The molecule has 5 nitrogen and oxygen atoms in total. The molecular weight excluding hydrogens is 226 g/mol. The van der Waals surface area contributed by atoms with E-state index < -0.39 is 0 Å². The maximum Gasteiger partial charge on any atom is 0.113 e. The summed E-state index contributed by atoms with van der Waals surface area (Å²) in [5.74, 6) is 0.444. The molecule has 0 spiro atoms. The summed E-state index contributed by atoms with van der Waals surface area (Å²) in [6.07, 6.45) is 5.87. The summed E-state index contributed by atoms with van der Waals surface area (Å²) in [5.41, 5.74) is 3.91. The minimum Gasteiger partial charge on any atom is -0.316 e. The predicted octanol–water partition coefficient (Wildman–Crippen LogP) is 1.64. The van der Waals surface area contributed by atoms with Crippen molar-refractivity contribution in [2.24, 2.45) is 0 Å². The molecule has 0 saturated carbocycles. The molecule has 94 valence electrons. The van der Waals surface area contributed by atoms with Crippen LogP contribution in [0.15, 0.2) is 18.5 Å². The van der Waals surface area contributed by atoms with E-state index in [-0.39, 0.29) is 0 Å². The second-order valence-corrected chi connectivity index (χ2v) is 4.77. The summed E-state index contributed by atoms with van der Waals surface area (Å²) in [4.78, 5) is 9.00. The highest BCUT2D eigenvalue weighted by molar-refractivity contribution is 5.57. The van der Waals surface area contributed by atoms with E-state index in [2.05, 4.69) is 25.5 Å². The Morgan fingerprint density at radius 1 is 1.28 bits per heavy atom. The summed E-state index contributed by atoms with van der Waals surface area (Å²) in [6.45, 7) is 4.08. The zero-order valence-electron chi connectivity index (χ0n) is 10.5. The Hall–Kier alpha value is -1.75. The summed E-state index contributed by atoms with van der Waals surface area (Å²) in [5, 5.41) is 10.7. The van der Waals surface area contributed by atoms with Crippen LogP contribution in [0.4, 0.5) is 0 Å². The number of aromatic amines is 1. The normalized spacial score (nSPS) is 19.9. The van der Waals surface area contributed by atoms with Crippen LogP contribution in [0.2, 0.25) is 0 Å². The van der Waals surface area contributed by atoms with Crippen LogP contribution in [0.25, 0.3) is 11.4 Å². The first-order valence-corrected chi connectivity index (χ1v) is 6.38. The number of piperidine rings is 1. The topological polar surface area (TPSA) is 66.5 Å². The third kappa shape index (κ3) is 2.13. The Bertz CT molecular complexity index is 528. The zero-order chi connectivity index (χ0) is 12.4. The van der Waals surface area contributed by atoms with Crippen LogP contribution >= 0.6 is 0 Å². The zero-order valence-corrected chi connectivity index (χ0v) is 10.5. The van der Waals surface area contributed by atoms with Crippen LogP contribution in [-0.4, -0.2) is 33.3 Å². The van der Waals surface area contributed by atoms with Gasteiger partial charge in [-0.2, -0.15) is 5.10 Å². The molecule has 0 aliphatic carbocycles. The van der Waals surface area contributed by atoms with Gasteiger partial charge in [-0.1, -0.05) is 0 Å². The molecule has 0 bridgehead atoms. The first-order valence-electron chi connectivity index (χ1n) is 6.38. The van der Waals surface area contributed by atoms with Crippen molar-refractivity contribution in [1.82, 2.24) is 25.5 Å². The molecule has 18 heavy (non-hydrogen) atoms. The maximum atomic E-state index is 4.53. The highest BCUT2D eigenvalue weighted by Gasteiger charge is 2.21. The first kappa shape index (κ1) is 11.3. The second-order valence-electron chi connectivity index (χ2n) is 4.77. The molecule has 1 unspecified atom stereocenters. The average Bonchev–Trinajstić information content (AvgIpc) is 2.86. The van der Waals surface area contributed by atoms with Gasteiger partial charge in [0.15, 0.2) is 0 Å². The largest absolute Gasteiger partial charge is 0.316 e. The Kier molecular flexibility index (Phi) is 3.06. The smallest absolute Gasteiger partial charge is 0.113 e. The third-order valence-corrected chi connectivity index (χ3v) is 3.36. The van der Waals surface area contributed by atoms with Gasteiger partial charge < -0.3 is 5.32 Å². The van der Waals surface area contributed by atoms with Crippen molar-refractivity contribution in [2.45, 2.75) is 25.7 Å². The molecular formula is C13H17N5. The number of aromatic nitrogens is 4. The molecule has 1 atom stereocenters. The molecule has 5 heteroatoms. The Morgan fingerprint density at radius 3 is 2.89 bits per heavy atom. The van der Waals surface area contributed by atoms with Gasteiger partial charge in [0.1, 0.15) is 11.4 Å². The minimum absolute atomic E-state index is 0.444. The van der Waals surface area contributed by atoms with E-state index in [9.17, 15) is 0 Å². The van der Waals surface area contributed by atoms with Crippen molar-refractivity contribution < 1.29 is 0 Å². The molecule has 3 heterocycles. The van der Waals surface area contributed by atoms with Gasteiger partial charge >= 0.3 is 0 Å². The lowest BCUT2D eigenvalue weighted by Crippen LogP contribution is -2.29. The van der Waals surface area contributed by atoms with E-state index >= 15 is 0 Å². The SMILES string of the molecule is Cc1cc(-c2nccnc2C2CCCNC2)n[nH]1. The fourth-order valence-corrected chi connectivity index (χ4v) is 2.47. The van der Waals surface area contributed by atoms with E-state index in [0.29, 0.717) is 5.92 Å². The van der Waals surface area contributed by atoms with Gasteiger partial charge in [-0.3, -0.25) is 15.1 Å². The van der Waals surface area contributed by atoms with E-state index in [1.807, 2.05) is 13.0 Å². The monoisotopic (exact) mass is 243 g/mol. The van der Waals surface area contributed by atoms with Crippen molar-refractivity contribution in [1.29, 1.82) is 0 Å². The number of nitrogens with zero attached hydrogens (tertiary/aromatic N) is 3. The molecule has 2 aromatic heterocycles. The number of nitrogens with one attached hydrogen (secondary N) is 2. The third-order valence-electron chi connectivity index (χ3n) is 3.36. The Morgan fingerprint density at radius 2 is 2.17 bits per heavy atom. The van der Waals surface area contributed by atoms with Gasteiger partial charge in [-0.05, 0) is 32.4 Å². The minimum atomic E-state index is 0.444. The van der Waals surface area contributed by atoms with Gasteiger partial charge in [0.25, 0.3) is 0 Å². The lowest BCUT2D eigenvalue weighted by molar-refractivity contribution is 0.454. The van der Waals surface area contributed by atoms with Crippen molar-refractivity contribution in [3.05, 3.63) is 29.8 Å². The molecule has 0 aromatic carbocycles. The number of hydrogen-bond donors (Lipinski definition) is 2. The van der Waals surface area contributed by atoms with Crippen molar-refractivity contribution in [3.8, 4) is 11.4 Å². The Labute approximate surface area is 106 Å². The lowest BCUT2D eigenvalue weighted by atomic mass is 9.94. The van der Waals surface area contributed by atoms with E-state index in [4.69, 9.17) is 0 Å². The highest BCUT2D eigenvalue weighted by Crippen LogP contribution is 2.28. The summed E-state index contributed by atoms with van der Waals surface area (Å²) >= 11 is 0. The van der Waals surface area contributed by atoms with E-state index in [1.54, 1.807) is 12.4 Å². The fraction of sp³-hybridized carbons (Fsp3) is 0.462. The van der Waals surface area contributed by atoms with Crippen LogP contribution < -0.4 is 5.32 Å². The summed E-state index contributed by atoms with van der Waals surface area (Å²) in [7, 11) is 0. The molecule has 1 saturated heterocycles. The van der Waals surface area contributed by atoms with Crippen LogP contribution in [0, 0.1) is 6.92 Å². The van der Waals surface area contributed by atoms with Gasteiger partial charge in [-0.25, -0.2) is 0 Å². The predicted molar refractivity (Wildman–Crippen MR) is 69.2 cm³/mol. The fourth-order valence-electron chi connectivity index (χ4n) is 2.47. The highest BCUT2D eigenvalue weighted by atomic mass is 15.1. The standard InChI is InChI=1S/C13H17N5/c1-9-7-11(18-17-9)13-12(15-5-6-16-13)10-3-2-4-14-8-10/h5-7,10,14H,2-4,8H2,1H3,(H,17,18). The number of rotatable bonds is 2. The molecule has 2 aromatic rings. The van der Waals surface area contributed by atoms with Crippen LogP contribution in [0.3, 0.4) is 0 Å². The van der Waals surface area contributed by atoms with Gasteiger partial charge in [0.2, 0.25) is 0 Å². The van der Waals surface area contributed by atoms with Crippen molar-refractivity contribution in [3.63, 3.8) is 0 Å². The number of aryl methyl sites for hydroxylation is 1. The maximum absolute atomic E-state index is 4.53.